The zero-order chi connectivity index (χ0) is 22.9. The first-order valence-corrected chi connectivity index (χ1v) is 10.4. The van der Waals surface area contributed by atoms with Crippen molar-refractivity contribution in [3.8, 4) is 34.3 Å². The number of anilines is 1. The molecule has 3 rings (SSSR count). The predicted molar refractivity (Wildman–Crippen MR) is 125 cm³/mol. The Labute approximate surface area is 187 Å². The Hall–Kier alpha value is -3.04. The molecule has 0 bridgehead atoms. The summed E-state index contributed by atoms with van der Waals surface area (Å²) in [5, 5.41) is 38.2. The molecule has 0 aliphatic rings. The van der Waals surface area contributed by atoms with Crippen LogP contribution in [0.2, 0.25) is 0 Å². The molecule has 4 N–H and O–H groups in total. The molecule has 9 heteroatoms. The Bertz CT molecular complexity index is 1140. The molecule has 166 valence electrons. The van der Waals surface area contributed by atoms with Gasteiger partial charge in [0.1, 0.15) is 17.2 Å². The van der Waals surface area contributed by atoms with Gasteiger partial charge >= 0.3 is 0 Å². The van der Waals surface area contributed by atoms with Gasteiger partial charge in [-0.1, -0.05) is 13.8 Å². The topological polar surface area (TPSA) is 101 Å². The molecule has 0 unspecified atom stereocenters. The average molecular weight is 444 g/mol. The number of H-pyrrole nitrogens is 1. The molecule has 0 amide bonds. The fourth-order valence-corrected chi connectivity index (χ4v) is 3.62. The molecular weight excluding hydrogens is 414 g/mol. The van der Waals surface area contributed by atoms with Crippen molar-refractivity contribution in [3.63, 3.8) is 0 Å². The number of nitrogens with one attached hydrogen (secondary N) is 1. The van der Waals surface area contributed by atoms with E-state index in [0.717, 1.165) is 13.1 Å². The lowest BCUT2D eigenvalue weighted by atomic mass is 9.98. The largest absolute Gasteiger partial charge is 0.508 e. The molecule has 0 fully saturated rings. The zero-order valence-corrected chi connectivity index (χ0v) is 19.2. The smallest absolute Gasteiger partial charge is 0.200 e. The van der Waals surface area contributed by atoms with Crippen LogP contribution < -0.4 is 4.90 Å². The van der Waals surface area contributed by atoms with E-state index in [1.54, 1.807) is 22.8 Å². The first kappa shape index (κ1) is 22.6. The highest BCUT2D eigenvalue weighted by molar-refractivity contribution is 7.71. The summed E-state index contributed by atoms with van der Waals surface area (Å²) in [6.07, 6.45) is 0. The van der Waals surface area contributed by atoms with E-state index < -0.39 is 0 Å². The van der Waals surface area contributed by atoms with Gasteiger partial charge in [0.15, 0.2) is 10.6 Å². The van der Waals surface area contributed by atoms with Crippen molar-refractivity contribution in [1.82, 2.24) is 19.7 Å². The number of benzene rings is 2. The van der Waals surface area contributed by atoms with Crippen molar-refractivity contribution in [1.29, 1.82) is 0 Å². The second-order valence-corrected chi connectivity index (χ2v) is 8.56. The van der Waals surface area contributed by atoms with Crippen LogP contribution >= 0.6 is 12.2 Å². The highest BCUT2D eigenvalue weighted by atomic mass is 32.1. The minimum absolute atomic E-state index is 0.0337. The number of likely N-dealkylation sites (N-methyl/N-ethyl adjacent to an activating group) is 2. The van der Waals surface area contributed by atoms with Crippen LogP contribution in [0.4, 0.5) is 5.69 Å². The van der Waals surface area contributed by atoms with Gasteiger partial charge in [-0.3, -0.25) is 9.67 Å². The lowest BCUT2D eigenvalue weighted by molar-refractivity contribution is 0.414. The number of aromatic hydroxyl groups is 3. The summed E-state index contributed by atoms with van der Waals surface area (Å²) in [7, 11) is 5.91. The molecule has 1 aromatic heterocycles. The molecule has 31 heavy (non-hydrogen) atoms. The number of hydrogen-bond acceptors (Lipinski definition) is 7. The molecule has 0 atom stereocenters. The molecule has 0 radical (unpaired) electrons. The Morgan fingerprint density at radius 1 is 1.00 bits per heavy atom. The van der Waals surface area contributed by atoms with E-state index in [1.165, 1.54) is 6.07 Å². The first-order chi connectivity index (χ1) is 14.6. The summed E-state index contributed by atoms with van der Waals surface area (Å²) in [5.41, 5.74) is 2.50. The summed E-state index contributed by atoms with van der Waals surface area (Å²) in [6.45, 7) is 5.48. The van der Waals surface area contributed by atoms with Crippen LogP contribution in [-0.4, -0.2) is 69.2 Å². The van der Waals surface area contributed by atoms with Crippen LogP contribution in [0.15, 0.2) is 30.3 Å². The van der Waals surface area contributed by atoms with Gasteiger partial charge in [0.05, 0.1) is 16.9 Å². The predicted octanol–water partition coefficient (Wildman–Crippen LogP) is 3.83. The van der Waals surface area contributed by atoms with E-state index in [-0.39, 0.29) is 23.2 Å². The van der Waals surface area contributed by atoms with E-state index in [9.17, 15) is 15.3 Å². The Morgan fingerprint density at radius 3 is 2.35 bits per heavy atom. The SMILES string of the molecule is CC(C)c1cc(-c2n[nH]c(=S)n2-c2ccc(O)c(N(C)CCN(C)C)c2)c(O)cc1O. The number of rotatable bonds is 7. The van der Waals surface area contributed by atoms with Crippen molar-refractivity contribution in [2.45, 2.75) is 19.8 Å². The van der Waals surface area contributed by atoms with Crippen molar-refractivity contribution < 1.29 is 15.3 Å². The molecule has 2 aromatic carbocycles. The summed E-state index contributed by atoms with van der Waals surface area (Å²) in [4.78, 5) is 4.04. The highest BCUT2D eigenvalue weighted by Gasteiger charge is 2.19. The minimum atomic E-state index is -0.0979. The molecule has 1 heterocycles. The molecule has 0 aliphatic heterocycles. The lowest BCUT2D eigenvalue weighted by Gasteiger charge is -2.23. The summed E-state index contributed by atoms with van der Waals surface area (Å²) in [6, 6.07) is 8.24. The summed E-state index contributed by atoms with van der Waals surface area (Å²) in [5.74, 6) is 0.569. The maximum Gasteiger partial charge on any atom is 0.200 e. The van der Waals surface area contributed by atoms with E-state index in [0.29, 0.717) is 33.1 Å². The highest BCUT2D eigenvalue weighted by Crippen LogP contribution is 2.38. The van der Waals surface area contributed by atoms with E-state index >= 15 is 0 Å². The maximum atomic E-state index is 10.5. The van der Waals surface area contributed by atoms with E-state index in [4.69, 9.17) is 12.2 Å². The summed E-state index contributed by atoms with van der Waals surface area (Å²) < 4.78 is 2.05. The average Bonchev–Trinajstić information content (AvgIpc) is 3.07. The summed E-state index contributed by atoms with van der Waals surface area (Å²) >= 11 is 5.47. The van der Waals surface area contributed by atoms with Crippen LogP contribution in [0.1, 0.15) is 25.3 Å². The van der Waals surface area contributed by atoms with Gasteiger partial charge in [0, 0.05) is 26.2 Å². The maximum absolute atomic E-state index is 10.5. The molecule has 0 spiro atoms. The van der Waals surface area contributed by atoms with Crippen LogP contribution in [0, 0.1) is 4.77 Å². The standard InChI is InChI=1S/C22H29N5O3S/c1-13(2)15-11-16(20(30)12-19(15)29)21-23-24-22(31)27(21)14-6-7-18(28)17(10-14)26(5)9-8-25(3)4/h6-7,10-13,28-30H,8-9H2,1-5H3,(H,24,31). The van der Waals surface area contributed by atoms with Gasteiger partial charge in [-0.25, -0.2) is 0 Å². The van der Waals surface area contributed by atoms with Crippen molar-refractivity contribution in [3.05, 3.63) is 40.7 Å². The third-order valence-electron chi connectivity index (χ3n) is 5.19. The molecule has 8 nitrogen and oxygen atoms in total. The third-order valence-corrected chi connectivity index (χ3v) is 5.47. The van der Waals surface area contributed by atoms with Crippen molar-refractivity contribution in [2.75, 3.05) is 39.1 Å². The third kappa shape index (κ3) is 4.67. The lowest BCUT2D eigenvalue weighted by Crippen LogP contribution is -2.28. The van der Waals surface area contributed by atoms with Crippen LogP contribution in [0.5, 0.6) is 17.2 Å². The molecular formula is C22H29N5O3S. The van der Waals surface area contributed by atoms with E-state index in [2.05, 4.69) is 15.1 Å². The van der Waals surface area contributed by atoms with Crippen molar-refractivity contribution >= 4 is 17.9 Å². The zero-order valence-electron chi connectivity index (χ0n) is 18.4. The minimum Gasteiger partial charge on any atom is -0.508 e. The molecule has 0 saturated carbocycles. The normalized spacial score (nSPS) is 11.5. The number of hydrogen-bond donors (Lipinski definition) is 4. The Kier molecular flexibility index (Phi) is 6.56. The van der Waals surface area contributed by atoms with Crippen LogP contribution in [-0.2, 0) is 0 Å². The molecule has 0 saturated heterocycles. The van der Waals surface area contributed by atoms with Gasteiger partial charge in [0.2, 0.25) is 0 Å². The number of phenols is 3. The molecule has 3 aromatic rings. The monoisotopic (exact) mass is 443 g/mol. The number of aromatic amines is 1. The number of phenolic OH excluding ortho intramolecular Hbond substituents is 3. The first-order valence-electron chi connectivity index (χ1n) is 10.0. The number of aromatic nitrogens is 3. The van der Waals surface area contributed by atoms with Gasteiger partial charge in [0.25, 0.3) is 0 Å². The molecule has 0 aliphatic carbocycles. The van der Waals surface area contributed by atoms with E-state index in [1.807, 2.05) is 46.0 Å². The fourth-order valence-electron chi connectivity index (χ4n) is 3.38. The Balaban J connectivity index is 2.12. The van der Waals surface area contributed by atoms with Gasteiger partial charge in [-0.15, -0.1) is 0 Å². The number of nitrogens with zero attached hydrogens (tertiary/aromatic N) is 4. The Morgan fingerprint density at radius 2 is 1.71 bits per heavy atom. The fraction of sp³-hybridized carbons (Fsp3) is 0.364. The van der Waals surface area contributed by atoms with Gasteiger partial charge in [-0.2, -0.15) is 5.10 Å². The van der Waals surface area contributed by atoms with Crippen molar-refractivity contribution in [2.24, 2.45) is 0 Å². The second kappa shape index (κ2) is 8.99. The van der Waals surface area contributed by atoms with Crippen LogP contribution in [0.25, 0.3) is 17.1 Å². The second-order valence-electron chi connectivity index (χ2n) is 8.17. The van der Waals surface area contributed by atoms with Gasteiger partial charge in [-0.05, 0) is 62.1 Å². The van der Waals surface area contributed by atoms with Crippen LogP contribution in [0.3, 0.4) is 0 Å². The quantitative estimate of drug-likeness (QED) is 0.412. The van der Waals surface area contributed by atoms with Gasteiger partial charge < -0.3 is 25.1 Å².